The molecule has 1 aliphatic rings. The minimum atomic E-state index is -0.920. The summed E-state index contributed by atoms with van der Waals surface area (Å²) in [5.74, 6) is 1.40. The maximum absolute atomic E-state index is 10.8. The summed E-state index contributed by atoms with van der Waals surface area (Å²) in [7, 11) is 0. The highest BCUT2D eigenvalue weighted by Crippen LogP contribution is 2.24. The molecule has 1 aliphatic heterocycles. The average molecular weight is 341 g/mol. The van der Waals surface area contributed by atoms with Gasteiger partial charge in [0.25, 0.3) is 0 Å². The van der Waals surface area contributed by atoms with E-state index in [4.69, 9.17) is 9.84 Å². The van der Waals surface area contributed by atoms with Crippen LogP contribution in [0.5, 0.6) is 5.75 Å². The number of carboxylic acids is 1. The average Bonchev–Trinajstić information content (AvgIpc) is 2.63. The third-order valence-electron chi connectivity index (χ3n) is 4.62. The third kappa shape index (κ3) is 4.68. The van der Waals surface area contributed by atoms with E-state index < -0.39 is 5.97 Å². The zero-order valence-electron chi connectivity index (χ0n) is 14.4. The summed E-state index contributed by atoms with van der Waals surface area (Å²) in [6, 6.07) is 10.6. The van der Waals surface area contributed by atoms with E-state index in [0.717, 1.165) is 49.6 Å². The van der Waals surface area contributed by atoms with Gasteiger partial charge in [0, 0.05) is 13.1 Å². The molecular formula is C19H23N3O3. The second kappa shape index (κ2) is 7.96. The number of ether oxygens (including phenoxy) is 1. The van der Waals surface area contributed by atoms with Gasteiger partial charge in [0.15, 0.2) is 5.82 Å². The number of hydrogen-bond acceptors (Lipinski definition) is 5. The first kappa shape index (κ1) is 17.2. The molecule has 0 saturated carbocycles. The Hall–Kier alpha value is -2.63. The highest BCUT2D eigenvalue weighted by atomic mass is 16.5. The van der Waals surface area contributed by atoms with E-state index in [9.17, 15) is 4.79 Å². The topological polar surface area (TPSA) is 75.5 Å². The summed E-state index contributed by atoms with van der Waals surface area (Å²) in [5.41, 5.74) is 1.21. The van der Waals surface area contributed by atoms with Crippen LogP contribution >= 0.6 is 0 Å². The van der Waals surface area contributed by atoms with Gasteiger partial charge in [-0.25, -0.2) is 4.79 Å². The Balaban J connectivity index is 1.40. The highest BCUT2D eigenvalue weighted by Gasteiger charge is 2.20. The van der Waals surface area contributed by atoms with E-state index in [1.54, 1.807) is 24.3 Å². The molecule has 1 N–H and O–H groups in total. The van der Waals surface area contributed by atoms with Gasteiger partial charge in [-0.1, -0.05) is 0 Å². The number of aryl methyl sites for hydroxylation is 1. The lowest BCUT2D eigenvalue weighted by Gasteiger charge is -2.32. The minimum Gasteiger partial charge on any atom is -0.494 e. The number of anilines is 1. The summed E-state index contributed by atoms with van der Waals surface area (Å²) in [6.45, 7) is 4.59. The SMILES string of the molecule is Cc1ccc(N2CCC(CCOc3ccc(C(=O)O)cc3)CC2)nn1. The molecule has 3 rings (SSSR count). The second-order valence-corrected chi connectivity index (χ2v) is 6.43. The van der Waals surface area contributed by atoms with Crippen LogP contribution in [0.2, 0.25) is 0 Å². The number of carbonyl (C=O) groups is 1. The third-order valence-corrected chi connectivity index (χ3v) is 4.62. The smallest absolute Gasteiger partial charge is 0.335 e. The predicted octanol–water partition coefficient (Wildman–Crippen LogP) is 3.17. The van der Waals surface area contributed by atoms with Crippen molar-refractivity contribution in [3.8, 4) is 5.75 Å². The van der Waals surface area contributed by atoms with E-state index in [-0.39, 0.29) is 5.56 Å². The van der Waals surface area contributed by atoms with Gasteiger partial charge in [0.1, 0.15) is 5.75 Å². The lowest BCUT2D eigenvalue weighted by Crippen LogP contribution is -2.34. The Labute approximate surface area is 147 Å². The Bertz CT molecular complexity index is 693. The number of hydrogen-bond donors (Lipinski definition) is 1. The van der Waals surface area contributed by atoms with Crippen LogP contribution in [-0.2, 0) is 0 Å². The molecule has 0 amide bonds. The molecule has 0 radical (unpaired) electrons. The molecule has 6 nitrogen and oxygen atoms in total. The van der Waals surface area contributed by atoms with Crippen molar-refractivity contribution in [3.05, 3.63) is 47.7 Å². The molecule has 0 atom stereocenters. The summed E-state index contributed by atoms with van der Waals surface area (Å²) in [4.78, 5) is 13.1. The Morgan fingerprint density at radius 1 is 1.16 bits per heavy atom. The number of aromatic nitrogens is 2. The first-order chi connectivity index (χ1) is 12.1. The largest absolute Gasteiger partial charge is 0.494 e. The molecular weight excluding hydrogens is 318 g/mol. The molecule has 1 saturated heterocycles. The van der Waals surface area contributed by atoms with E-state index in [0.29, 0.717) is 12.5 Å². The van der Waals surface area contributed by atoms with E-state index in [2.05, 4.69) is 15.1 Å². The molecule has 6 heteroatoms. The number of carboxylic acid groups (broad SMARTS) is 1. The van der Waals surface area contributed by atoms with Crippen LogP contribution in [0.1, 0.15) is 35.3 Å². The van der Waals surface area contributed by atoms with Gasteiger partial charge < -0.3 is 14.7 Å². The van der Waals surface area contributed by atoms with Gasteiger partial charge in [-0.3, -0.25) is 0 Å². The van der Waals surface area contributed by atoms with Crippen LogP contribution in [0.4, 0.5) is 5.82 Å². The van der Waals surface area contributed by atoms with Crippen molar-refractivity contribution in [2.45, 2.75) is 26.2 Å². The molecule has 0 aliphatic carbocycles. The van der Waals surface area contributed by atoms with E-state index in [1.807, 2.05) is 19.1 Å². The van der Waals surface area contributed by atoms with Crippen molar-refractivity contribution in [2.24, 2.45) is 5.92 Å². The number of aromatic carboxylic acids is 1. The van der Waals surface area contributed by atoms with Crippen LogP contribution < -0.4 is 9.64 Å². The van der Waals surface area contributed by atoms with Crippen molar-refractivity contribution < 1.29 is 14.6 Å². The zero-order valence-corrected chi connectivity index (χ0v) is 14.4. The van der Waals surface area contributed by atoms with Gasteiger partial charge in [-0.05, 0) is 68.5 Å². The van der Waals surface area contributed by atoms with Gasteiger partial charge >= 0.3 is 5.97 Å². The number of rotatable bonds is 6. The molecule has 2 heterocycles. The fourth-order valence-corrected chi connectivity index (χ4v) is 3.05. The fourth-order valence-electron chi connectivity index (χ4n) is 3.05. The first-order valence-electron chi connectivity index (χ1n) is 8.63. The van der Waals surface area contributed by atoms with Crippen molar-refractivity contribution in [3.63, 3.8) is 0 Å². The zero-order chi connectivity index (χ0) is 17.6. The number of nitrogens with zero attached hydrogens (tertiary/aromatic N) is 3. The second-order valence-electron chi connectivity index (χ2n) is 6.43. The molecule has 2 aromatic rings. The maximum Gasteiger partial charge on any atom is 0.335 e. The van der Waals surface area contributed by atoms with Crippen LogP contribution in [0.25, 0.3) is 0 Å². The normalized spacial score (nSPS) is 15.2. The molecule has 0 spiro atoms. The van der Waals surface area contributed by atoms with Crippen LogP contribution in [-0.4, -0.2) is 41.0 Å². The first-order valence-corrected chi connectivity index (χ1v) is 8.63. The maximum atomic E-state index is 10.8. The minimum absolute atomic E-state index is 0.277. The molecule has 0 unspecified atom stereocenters. The van der Waals surface area contributed by atoms with E-state index in [1.165, 1.54) is 0 Å². The van der Waals surface area contributed by atoms with Gasteiger partial charge in [-0.2, -0.15) is 5.10 Å². The van der Waals surface area contributed by atoms with Gasteiger partial charge in [0.2, 0.25) is 0 Å². The monoisotopic (exact) mass is 341 g/mol. The molecule has 1 fully saturated rings. The van der Waals surface area contributed by atoms with Gasteiger partial charge in [0.05, 0.1) is 17.9 Å². The summed E-state index contributed by atoms with van der Waals surface area (Å²) < 4.78 is 5.74. The molecule has 25 heavy (non-hydrogen) atoms. The van der Waals surface area contributed by atoms with Crippen LogP contribution in [0, 0.1) is 12.8 Å². The predicted molar refractivity (Wildman–Crippen MR) is 95.2 cm³/mol. The Morgan fingerprint density at radius 3 is 2.48 bits per heavy atom. The van der Waals surface area contributed by atoms with Crippen molar-refractivity contribution in [1.82, 2.24) is 10.2 Å². The number of piperidine rings is 1. The summed E-state index contributed by atoms with van der Waals surface area (Å²) in [6.07, 6.45) is 3.25. The molecule has 132 valence electrons. The highest BCUT2D eigenvalue weighted by molar-refractivity contribution is 5.87. The van der Waals surface area contributed by atoms with Crippen LogP contribution in [0.15, 0.2) is 36.4 Å². The molecule has 0 bridgehead atoms. The lowest BCUT2D eigenvalue weighted by atomic mass is 9.94. The van der Waals surface area contributed by atoms with Crippen molar-refractivity contribution in [1.29, 1.82) is 0 Å². The standard InChI is InChI=1S/C19H23N3O3/c1-14-2-7-18(21-20-14)22-11-8-15(9-12-22)10-13-25-17-5-3-16(4-6-17)19(23)24/h2-7,15H,8-13H2,1H3,(H,23,24). The van der Waals surface area contributed by atoms with Crippen molar-refractivity contribution >= 4 is 11.8 Å². The Kier molecular flexibility index (Phi) is 5.48. The van der Waals surface area contributed by atoms with Gasteiger partial charge in [-0.15, -0.1) is 5.10 Å². The summed E-state index contributed by atoms with van der Waals surface area (Å²) >= 11 is 0. The molecule has 1 aromatic carbocycles. The van der Waals surface area contributed by atoms with E-state index >= 15 is 0 Å². The number of benzene rings is 1. The van der Waals surface area contributed by atoms with Crippen molar-refractivity contribution in [2.75, 3.05) is 24.6 Å². The molecule has 1 aromatic heterocycles. The van der Waals surface area contributed by atoms with Crippen LogP contribution in [0.3, 0.4) is 0 Å². The Morgan fingerprint density at radius 2 is 1.88 bits per heavy atom. The fraction of sp³-hybridized carbons (Fsp3) is 0.421. The lowest BCUT2D eigenvalue weighted by molar-refractivity contribution is 0.0697. The quantitative estimate of drug-likeness (QED) is 0.870. The summed E-state index contributed by atoms with van der Waals surface area (Å²) in [5, 5.41) is 17.3.